The molecule has 0 aliphatic carbocycles. The first-order valence-corrected chi connectivity index (χ1v) is 6.00. The molecule has 0 aromatic rings. The Kier molecular flexibility index (Phi) is 10.0. The molecular weight excluding hydrogens is 216 g/mol. The number of unbranched alkanes of at least 4 members (excludes halogenated alkanes) is 1. The van der Waals surface area contributed by atoms with Gasteiger partial charge in [0.2, 0.25) is 0 Å². The van der Waals surface area contributed by atoms with Gasteiger partial charge in [0.1, 0.15) is 5.76 Å². The summed E-state index contributed by atoms with van der Waals surface area (Å²) < 4.78 is 9.99. The van der Waals surface area contributed by atoms with Gasteiger partial charge in [0.15, 0.2) is 0 Å². The highest BCUT2D eigenvalue weighted by atomic mass is 16.7. The van der Waals surface area contributed by atoms with Gasteiger partial charge in [-0.3, -0.25) is 0 Å². The minimum absolute atomic E-state index is 0.314. The van der Waals surface area contributed by atoms with Gasteiger partial charge in [0.05, 0.1) is 6.61 Å². The predicted octanol–water partition coefficient (Wildman–Crippen LogP) is 4.37. The van der Waals surface area contributed by atoms with E-state index in [2.05, 4.69) is 13.2 Å². The molecule has 0 aliphatic heterocycles. The zero-order chi connectivity index (χ0) is 12.9. The summed E-state index contributed by atoms with van der Waals surface area (Å²) in [5, 5.41) is 0. The molecule has 0 aromatic heterocycles. The van der Waals surface area contributed by atoms with Crippen LogP contribution < -0.4 is 0 Å². The van der Waals surface area contributed by atoms with E-state index < -0.39 is 6.16 Å². The molecule has 0 amide bonds. The Morgan fingerprint density at radius 3 is 2.53 bits per heavy atom. The second-order valence-electron chi connectivity index (χ2n) is 3.54. The van der Waals surface area contributed by atoms with E-state index in [4.69, 9.17) is 9.47 Å². The van der Waals surface area contributed by atoms with Crippen molar-refractivity contribution in [2.45, 2.75) is 39.0 Å². The Bertz CT molecular complexity index is 267. The third-order valence-electron chi connectivity index (χ3n) is 2.02. The quantitative estimate of drug-likeness (QED) is 0.259. The highest BCUT2D eigenvalue weighted by Gasteiger charge is 2.07. The molecule has 0 N–H and O–H groups in total. The fourth-order valence-corrected chi connectivity index (χ4v) is 1.21. The lowest BCUT2D eigenvalue weighted by Gasteiger charge is -2.08. The number of rotatable bonds is 9. The third kappa shape index (κ3) is 9.42. The molecule has 0 aromatic carbocycles. The van der Waals surface area contributed by atoms with E-state index in [1.54, 1.807) is 6.08 Å². The van der Waals surface area contributed by atoms with Gasteiger partial charge in [0.25, 0.3) is 0 Å². The lowest BCUT2D eigenvalue weighted by atomic mass is 10.2. The van der Waals surface area contributed by atoms with Gasteiger partial charge in [-0.25, -0.2) is 4.79 Å². The van der Waals surface area contributed by atoms with Crippen molar-refractivity contribution in [3.63, 3.8) is 0 Å². The van der Waals surface area contributed by atoms with Crippen LogP contribution in [0, 0.1) is 0 Å². The molecule has 17 heavy (non-hydrogen) atoms. The van der Waals surface area contributed by atoms with Crippen LogP contribution in [0.4, 0.5) is 4.79 Å². The highest BCUT2D eigenvalue weighted by molar-refractivity contribution is 5.61. The van der Waals surface area contributed by atoms with E-state index >= 15 is 0 Å². The van der Waals surface area contributed by atoms with Crippen molar-refractivity contribution >= 4 is 6.16 Å². The Morgan fingerprint density at radius 2 is 1.94 bits per heavy atom. The van der Waals surface area contributed by atoms with E-state index in [1.165, 1.54) is 0 Å². The zero-order valence-electron chi connectivity index (χ0n) is 10.6. The van der Waals surface area contributed by atoms with Crippen molar-refractivity contribution < 1.29 is 14.3 Å². The van der Waals surface area contributed by atoms with Gasteiger partial charge >= 0.3 is 6.16 Å². The van der Waals surface area contributed by atoms with Crippen LogP contribution in [-0.2, 0) is 9.47 Å². The molecule has 0 aliphatic rings. The summed E-state index contributed by atoms with van der Waals surface area (Å²) in [5.74, 6) is 0.679. The first-order chi connectivity index (χ1) is 8.24. The van der Waals surface area contributed by atoms with Gasteiger partial charge in [0, 0.05) is 6.42 Å². The summed E-state index contributed by atoms with van der Waals surface area (Å²) >= 11 is 0. The van der Waals surface area contributed by atoms with E-state index in [-0.39, 0.29) is 0 Å². The summed E-state index contributed by atoms with van der Waals surface area (Å²) in [4.78, 5) is 11.3. The minimum atomic E-state index is -0.634. The maximum atomic E-state index is 11.3. The van der Waals surface area contributed by atoms with Gasteiger partial charge in [-0.15, -0.1) is 13.2 Å². The van der Waals surface area contributed by atoms with Crippen LogP contribution in [0.3, 0.4) is 0 Å². The molecular formula is C14H22O3. The fourth-order valence-electron chi connectivity index (χ4n) is 1.21. The maximum absolute atomic E-state index is 11.3. The fraction of sp³-hybridized carbons (Fsp3) is 0.500. The predicted molar refractivity (Wildman–Crippen MR) is 69.7 cm³/mol. The number of allylic oxidation sites excluding steroid dienone is 3. The highest BCUT2D eigenvalue weighted by Crippen LogP contribution is 2.11. The Morgan fingerprint density at radius 1 is 1.24 bits per heavy atom. The molecule has 0 saturated carbocycles. The van der Waals surface area contributed by atoms with Crippen LogP contribution in [0.25, 0.3) is 0 Å². The van der Waals surface area contributed by atoms with Crippen molar-refractivity contribution in [1.82, 2.24) is 0 Å². The maximum Gasteiger partial charge on any atom is 0.513 e. The summed E-state index contributed by atoms with van der Waals surface area (Å²) in [5.41, 5.74) is 0. The molecule has 0 fully saturated rings. The number of carbonyl (C=O) groups excluding carboxylic acids is 1. The lowest BCUT2D eigenvalue weighted by Crippen LogP contribution is -2.08. The topological polar surface area (TPSA) is 35.5 Å². The molecule has 3 heteroatoms. The normalized spacial score (nSPS) is 10.8. The third-order valence-corrected chi connectivity index (χ3v) is 2.02. The Labute approximate surface area is 104 Å². The monoisotopic (exact) mass is 238 g/mol. The van der Waals surface area contributed by atoms with Crippen molar-refractivity contribution in [3.8, 4) is 0 Å². The number of hydrogen-bond acceptors (Lipinski definition) is 3. The molecule has 0 rings (SSSR count). The van der Waals surface area contributed by atoms with Crippen LogP contribution in [0.5, 0.6) is 0 Å². The van der Waals surface area contributed by atoms with Crippen molar-refractivity contribution in [2.75, 3.05) is 6.61 Å². The lowest BCUT2D eigenvalue weighted by molar-refractivity contribution is 0.0761. The van der Waals surface area contributed by atoms with Crippen LogP contribution in [0.2, 0.25) is 0 Å². The van der Waals surface area contributed by atoms with Crippen LogP contribution in [-0.4, -0.2) is 12.8 Å². The first-order valence-electron chi connectivity index (χ1n) is 6.00. The molecule has 0 unspecified atom stereocenters. The van der Waals surface area contributed by atoms with Gasteiger partial charge < -0.3 is 9.47 Å². The van der Waals surface area contributed by atoms with E-state index in [9.17, 15) is 4.79 Å². The number of hydrogen-bond donors (Lipinski definition) is 0. The Balaban J connectivity index is 3.97. The Hall–Kier alpha value is -1.51. The van der Waals surface area contributed by atoms with E-state index in [0.717, 1.165) is 25.7 Å². The van der Waals surface area contributed by atoms with Crippen LogP contribution >= 0.6 is 0 Å². The van der Waals surface area contributed by atoms with Crippen LogP contribution in [0.1, 0.15) is 39.0 Å². The standard InChI is InChI=1S/C14H22O3/c1-4-7-9-11-13(10-6-3)17-14(15)16-12-8-5-2/h4-5,10H,1-2,6-9,11-12H2,3H3/b13-10-. The molecule has 96 valence electrons. The van der Waals surface area contributed by atoms with Gasteiger partial charge in [-0.05, 0) is 31.8 Å². The first kappa shape index (κ1) is 15.5. The van der Waals surface area contributed by atoms with E-state index in [1.807, 2.05) is 19.1 Å². The van der Waals surface area contributed by atoms with Gasteiger partial charge in [-0.2, -0.15) is 0 Å². The summed E-state index contributed by atoms with van der Waals surface area (Å²) in [7, 11) is 0. The molecule has 0 radical (unpaired) electrons. The largest absolute Gasteiger partial charge is 0.513 e. The molecule has 0 atom stereocenters. The molecule has 0 spiro atoms. The van der Waals surface area contributed by atoms with Crippen molar-refractivity contribution in [3.05, 3.63) is 37.1 Å². The van der Waals surface area contributed by atoms with Gasteiger partial charge in [-0.1, -0.05) is 19.1 Å². The minimum Gasteiger partial charge on any atom is -0.434 e. The molecule has 0 bridgehead atoms. The second kappa shape index (κ2) is 11.0. The molecule has 0 heterocycles. The van der Waals surface area contributed by atoms with Crippen molar-refractivity contribution in [2.24, 2.45) is 0 Å². The van der Waals surface area contributed by atoms with Crippen LogP contribution in [0.15, 0.2) is 37.1 Å². The number of carbonyl (C=O) groups is 1. The SMILES string of the molecule is C=CCCC/C(=C/CC)OC(=O)OCCC=C. The summed E-state index contributed by atoms with van der Waals surface area (Å²) in [6, 6.07) is 0. The molecule has 3 nitrogen and oxygen atoms in total. The number of ether oxygens (including phenoxy) is 2. The summed E-state index contributed by atoms with van der Waals surface area (Å²) in [6.45, 7) is 9.51. The van der Waals surface area contributed by atoms with E-state index in [0.29, 0.717) is 18.8 Å². The molecule has 0 saturated heterocycles. The second-order valence-corrected chi connectivity index (χ2v) is 3.54. The average Bonchev–Trinajstić information content (AvgIpc) is 2.30. The smallest absolute Gasteiger partial charge is 0.434 e. The zero-order valence-corrected chi connectivity index (χ0v) is 10.6. The van der Waals surface area contributed by atoms with Crippen molar-refractivity contribution in [1.29, 1.82) is 0 Å². The summed E-state index contributed by atoms with van der Waals surface area (Å²) in [6.07, 6.45) is 8.86. The average molecular weight is 238 g/mol.